The van der Waals surface area contributed by atoms with E-state index < -0.39 is 70.9 Å². The number of hydrogen-bond donors (Lipinski definition) is 1. The maximum Gasteiger partial charge on any atom is 0.424 e. The number of nitrogens with one attached hydrogen (secondary N) is 1. The molecule has 4 aliphatic heterocycles. The topological polar surface area (TPSA) is 214 Å². The highest BCUT2D eigenvalue weighted by atomic mass is 16.6. The second kappa shape index (κ2) is 16.8. The molecule has 2 unspecified atom stereocenters. The third-order valence-corrected chi connectivity index (χ3v) is 10.5. The van der Waals surface area contributed by atoms with Crippen LogP contribution < -0.4 is 5.32 Å². The van der Waals surface area contributed by atoms with E-state index in [0.717, 1.165) is 0 Å². The zero-order valence-electron chi connectivity index (χ0n) is 34.6. The van der Waals surface area contributed by atoms with Crippen molar-refractivity contribution in [1.82, 2.24) is 19.6 Å². The first-order chi connectivity index (χ1) is 28.1. The molecule has 0 spiro atoms. The zero-order valence-corrected chi connectivity index (χ0v) is 34.6. The molecular weight excluding hydrogens is 778 g/mol. The van der Waals surface area contributed by atoms with Crippen LogP contribution in [0.5, 0.6) is 0 Å². The van der Waals surface area contributed by atoms with Crippen molar-refractivity contribution in [3.63, 3.8) is 0 Å². The number of imide groups is 6. The van der Waals surface area contributed by atoms with Gasteiger partial charge in [-0.1, -0.05) is 18.2 Å². The lowest BCUT2D eigenvalue weighted by Crippen LogP contribution is -2.57. The summed E-state index contributed by atoms with van der Waals surface area (Å²) < 4.78 is 10.5. The lowest BCUT2D eigenvalue weighted by Gasteiger charge is -2.35. The number of nitrogens with zero attached hydrogens (tertiary/aromatic N) is 4. The molecule has 2 fully saturated rings. The quantitative estimate of drug-likeness (QED) is 0.252. The van der Waals surface area contributed by atoms with Crippen molar-refractivity contribution in [3.05, 3.63) is 64.2 Å². The van der Waals surface area contributed by atoms with E-state index in [0.29, 0.717) is 50.6 Å². The van der Waals surface area contributed by atoms with Gasteiger partial charge in [-0.05, 0) is 96.6 Å². The number of benzene rings is 2. The number of piperidine rings is 2. The van der Waals surface area contributed by atoms with E-state index >= 15 is 0 Å². The van der Waals surface area contributed by atoms with Gasteiger partial charge in [0.05, 0.1) is 0 Å². The molecule has 9 amide bonds. The fraction of sp³-hybridized carbons (Fsp3) is 0.488. The van der Waals surface area contributed by atoms with Gasteiger partial charge in [-0.2, -0.15) is 9.80 Å². The molecule has 2 atom stereocenters. The Hall–Kier alpha value is -6.26. The molecule has 318 valence electrons. The Morgan fingerprint density at radius 1 is 0.650 bits per heavy atom. The highest BCUT2D eigenvalue weighted by molar-refractivity contribution is 6.15. The fourth-order valence-corrected chi connectivity index (χ4v) is 7.79. The average Bonchev–Trinajstić information content (AvgIpc) is 3.66. The minimum atomic E-state index is -1.10. The Kier molecular flexibility index (Phi) is 12.1. The highest BCUT2D eigenvalue weighted by Crippen LogP contribution is 2.35. The summed E-state index contributed by atoms with van der Waals surface area (Å²) in [6.07, 6.45) is -1.37. The molecule has 17 heteroatoms. The van der Waals surface area contributed by atoms with E-state index in [1.807, 2.05) is 0 Å². The summed E-state index contributed by atoms with van der Waals surface area (Å²) in [6.45, 7) is 9.64. The summed E-state index contributed by atoms with van der Waals surface area (Å²) in [7, 11) is 0. The minimum absolute atomic E-state index is 0.0193. The van der Waals surface area contributed by atoms with Crippen LogP contribution in [0, 0.1) is 0 Å². The molecule has 2 saturated heterocycles. The lowest BCUT2D eigenvalue weighted by atomic mass is 9.97. The van der Waals surface area contributed by atoms with Crippen molar-refractivity contribution in [1.29, 1.82) is 0 Å². The normalized spacial score (nSPS) is 19.4. The van der Waals surface area contributed by atoms with Gasteiger partial charge in [0.1, 0.15) is 29.1 Å². The van der Waals surface area contributed by atoms with Crippen molar-refractivity contribution < 1.29 is 57.4 Å². The molecule has 0 aliphatic carbocycles. The molecule has 2 aromatic carbocycles. The molecule has 4 aliphatic rings. The van der Waals surface area contributed by atoms with Crippen LogP contribution in [0.4, 0.5) is 15.3 Å². The standard InChI is InChI=1S/C43H49N5O12/c1-42(2,3)59-40(57)47-34(51)19-17-31(38(47)55)45-22-28-24(11-9-13-26(28)36(45)53)21-25(49)12-7-8-16-33(50)44-30-15-10-14-27-29(30)23-46(37(27)54)32-18-20-35(52)48(39(32)56)41(58)60-43(4,5)6/h9-11,13-15,31-32H,7-8,12,16-23H2,1-6H3,(H,44,50). The van der Waals surface area contributed by atoms with Crippen LogP contribution in [0.3, 0.4) is 0 Å². The van der Waals surface area contributed by atoms with Crippen molar-refractivity contribution in [2.24, 2.45) is 0 Å². The van der Waals surface area contributed by atoms with Crippen LogP contribution in [-0.4, -0.2) is 102 Å². The van der Waals surface area contributed by atoms with Crippen molar-refractivity contribution >= 4 is 65.0 Å². The maximum absolute atomic E-state index is 13.5. The molecule has 60 heavy (non-hydrogen) atoms. The van der Waals surface area contributed by atoms with Crippen LogP contribution in [0.25, 0.3) is 0 Å². The average molecular weight is 828 g/mol. The first-order valence-electron chi connectivity index (χ1n) is 20.0. The number of fused-ring (bicyclic) bond motifs is 2. The van der Waals surface area contributed by atoms with E-state index in [2.05, 4.69) is 5.32 Å². The first kappa shape index (κ1) is 43.3. The number of carbonyl (C=O) groups excluding carboxylic acids is 10. The Morgan fingerprint density at radius 2 is 1.12 bits per heavy atom. The van der Waals surface area contributed by atoms with E-state index in [-0.39, 0.29) is 75.3 Å². The van der Waals surface area contributed by atoms with Gasteiger partial charge in [0.2, 0.25) is 17.7 Å². The number of unbranched alkanes of at least 4 members (excludes halogenated alkanes) is 1. The van der Waals surface area contributed by atoms with Gasteiger partial charge in [-0.3, -0.25) is 38.4 Å². The van der Waals surface area contributed by atoms with Crippen molar-refractivity contribution in [3.8, 4) is 0 Å². The van der Waals surface area contributed by atoms with Crippen LogP contribution in [0.1, 0.15) is 130 Å². The molecule has 2 aromatic rings. The molecule has 1 N–H and O–H groups in total. The number of amides is 9. The summed E-state index contributed by atoms with van der Waals surface area (Å²) in [5, 5.41) is 2.84. The molecule has 0 bridgehead atoms. The Morgan fingerprint density at radius 3 is 1.63 bits per heavy atom. The fourth-order valence-electron chi connectivity index (χ4n) is 7.79. The zero-order chi connectivity index (χ0) is 43.8. The van der Waals surface area contributed by atoms with Gasteiger partial charge < -0.3 is 24.6 Å². The summed E-state index contributed by atoms with van der Waals surface area (Å²) in [6, 6.07) is 7.69. The summed E-state index contributed by atoms with van der Waals surface area (Å²) in [4.78, 5) is 134. The predicted octanol–water partition coefficient (Wildman–Crippen LogP) is 4.81. The van der Waals surface area contributed by atoms with Gasteiger partial charge in [0, 0.05) is 67.6 Å². The van der Waals surface area contributed by atoms with E-state index in [1.54, 1.807) is 77.9 Å². The molecule has 17 nitrogen and oxygen atoms in total. The lowest BCUT2D eigenvalue weighted by molar-refractivity contribution is -0.152. The van der Waals surface area contributed by atoms with Crippen LogP contribution in [0.2, 0.25) is 0 Å². The maximum atomic E-state index is 13.5. The Balaban J connectivity index is 1.00. The van der Waals surface area contributed by atoms with E-state index in [4.69, 9.17) is 9.47 Å². The molecule has 6 rings (SSSR count). The summed E-state index contributed by atoms with van der Waals surface area (Å²) in [5.74, 6) is -4.46. The highest BCUT2D eigenvalue weighted by Gasteiger charge is 2.48. The molecular formula is C43H49N5O12. The van der Waals surface area contributed by atoms with E-state index in [1.165, 1.54) is 9.80 Å². The van der Waals surface area contributed by atoms with Gasteiger partial charge >= 0.3 is 12.2 Å². The predicted molar refractivity (Wildman–Crippen MR) is 211 cm³/mol. The number of ether oxygens (including phenoxy) is 2. The molecule has 4 heterocycles. The van der Waals surface area contributed by atoms with Crippen LogP contribution in [-0.2, 0) is 57.8 Å². The number of Topliss-reactive ketones (excluding diaryl/α,β-unsaturated/α-hetero) is 1. The minimum Gasteiger partial charge on any atom is -0.443 e. The summed E-state index contributed by atoms with van der Waals surface area (Å²) in [5.41, 5.74) is 0.812. The Labute approximate surface area is 346 Å². The summed E-state index contributed by atoms with van der Waals surface area (Å²) >= 11 is 0. The van der Waals surface area contributed by atoms with Crippen LogP contribution >= 0.6 is 0 Å². The number of carbonyl (C=O) groups is 10. The van der Waals surface area contributed by atoms with Crippen molar-refractivity contribution in [2.45, 2.75) is 136 Å². The SMILES string of the molecule is CC(C)(C)OC(=O)N1C(=O)CCC(N2Cc3c(CC(=O)CCCCC(=O)Nc4cccc5c4CN(C4CCC(=O)N(C(=O)OC(C)(C)C)C4=O)C5=O)cccc3C2=O)C1=O. The number of anilines is 1. The van der Waals surface area contributed by atoms with Crippen molar-refractivity contribution in [2.75, 3.05) is 5.32 Å². The third kappa shape index (κ3) is 9.14. The second-order valence-corrected chi connectivity index (χ2v) is 17.3. The van der Waals surface area contributed by atoms with Gasteiger partial charge in [-0.25, -0.2) is 9.59 Å². The first-order valence-corrected chi connectivity index (χ1v) is 20.0. The van der Waals surface area contributed by atoms with E-state index in [9.17, 15) is 47.9 Å². The molecule has 0 saturated carbocycles. The largest absolute Gasteiger partial charge is 0.443 e. The molecule has 0 radical (unpaired) electrons. The second-order valence-electron chi connectivity index (χ2n) is 17.3. The smallest absolute Gasteiger partial charge is 0.424 e. The number of hydrogen-bond acceptors (Lipinski definition) is 12. The van der Waals surface area contributed by atoms with Gasteiger partial charge in [-0.15, -0.1) is 0 Å². The monoisotopic (exact) mass is 827 g/mol. The molecule has 0 aromatic heterocycles. The van der Waals surface area contributed by atoms with Crippen LogP contribution in [0.15, 0.2) is 36.4 Å². The Bertz CT molecular complexity index is 2050. The third-order valence-electron chi connectivity index (χ3n) is 10.5. The van der Waals surface area contributed by atoms with Gasteiger partial charge in [0.15, 0.2) is 0 Å². The number of likely N-dealkylation sites (tertiary alicyclic amines) is 2. The number of rotatable bonds is 10. The number of ketones is 1. The van der Waals surface area contributed by atoms with Gasteiger partial charge in [0.25, 0.3) is 23.6 Å².